The van der Waals surface area contributed by atoms with E-state index < -0.39 is 10.0 Å². The van der Waals surface area contributed by atoms with Crippen LogP contribution in [0.3, 0.4) is 0 Å². The van der Waals surface area contributed by atoms with Crippen molar-refractivity contribution in [3.8, 4) is 0 Å². The molecular formula is C13H25N5O2S. The van der Waals surface area contributed by atoms with Gasteiger partial charge in [0.1, 0.15) is 12.2 Å². The van der Waals surface area contributed by atoms with E-state index in [0.29, 0.717) is 19.0 Å². The number of sulfonamides is 1. The van der Waals surface area contributed by atoms with Crippen LogP contribution in [-0.4, -0.2) is 53.8 Å². The van der Waals surface area contributed by atoms with Crippen molar-refractivity contribution in [1.29, 1.82) is 0 Å². The fourth-order valence-corrected chi connectivity index (χ4v) is 3.79. The summed E-state index contributed by atoms with van der Waals surface area (Å²) in [5.41, 5.74) is 0. The molecule has 0 aliphatic carbocycles. The Morgan fingerprint density at radius 1 is 1.57 bits per heavy atom. The first kappa shape index (κ1) is 16.4. The molecule has 7 nitrogen and oxygen atoms in total. The Morgan fingerprint density at radius 2 is 2.38 bits per heavy atom. The van der Waals surface area contributed by atoms with E-state index >= 15 is 0 Å². The highest BCUT2D eigenvalue weighted by atomic mass is 32.2. The lowest BCUT2D eigenvalue weighted by Gasteiger charge is -2.32. The van der Waals surface area contributed by atoms with E-state index in [1.54, 1.807) is 4.31 Å². The average Bonchev–Trinajstić information content (AvgIpc) is 2.97. The molecule has 0 bridgehead atoms. The number of hydrogen-bond donors (Lipinski definition) is 2. The molecule has 1 aliphatic heterocycles. The average molecular weight is 315 g/mol. The number of aromatic amines is 1. The van der Waals surface area contributed by atoms with E-state index in [4.69, 9.17) is 0 Å². The first-order chi connectivity index (χ1) is 10.0. The lowest BCUT2D eigenvalue weighted by atomic mass is 9.92. The molecule has 1 saturated heterocycles. The monoisotopic (exact) mass is 315 g/mol. The van der Waals surface area contributed by atoms with Gasteiger partial charge >= 0.3 is 0 Å². The van der Waals surface area contributed by atoms with Gasteiger partial charge in [-0.3, -0.25) is 5.10 Å². The fraction of sp³-hybridized carbons (Fsp3) is 0.846. The molecule has 2 N–H and O–H groups in total. The molecule has 8 heteroatoms. The number of piperidine rings is 1. The molecule has 0 saturated carbocycles. The van der Waals surface area contributed by atoms with Gasteiger partial charge in [0, 0.05) is 13.1 Å². The Bertz CT molecular complexity index is 517. The fourth-order valence-electron chi connectivity index (χ4n) is 2.85. The third kappa shape index (κ3) is 4.76. The summed E-state index contributed by atoms with van der Waals surface area (Å²) in [6.45, 7) is 4.28. The maximum atomic E-state index is 11.7. The topological polar surface area (TPSA) is 91.0 Å². The van der Waals surface area contributed by atoms with E-state index in [9.17, 15) is 8.42 Å². The van der Waals surface area contributed by atoms with Crippen LogP contribution in [0.5, 0.6) is 0 Å². The lowest BCUT2D eigenvalue weighted by molar-refractivity contribution is 0.236. The molecule has 120 valence electrons. The molecule has 1 aromatic heterocycles. The van der Waals surface area contributed by atoms with Gasteiger partial charge in [-0.05, 0) is 38.1 Å². The Kier molecular flexibility index (Phi) is 5.72. The van der Waals surface area contributed by atoms with Crippen molar-refractivity contribution < 1.29 is 8.42 Å². The second-order valence-corrected chi connectivity index (χ2v) is 7.72. The van der Waals surface area contributed by atoms with Gasteiger partial charge in [0.2, 0.25) is 10.0 Å². The first-order valence-corrected chi connectivity index (χ1v) is 9.39. The Hall–Kier alpha value is -0.990. The van der Waals surface area contributed by atoms with Crippen LogP contribution in [0.1, 0.15) is 44.5 Å². The van der Waals surface area contributed by atoms with E-state index in [1.807, 2.05) is 0 Å². The van der Waals surface area contributed by atoms with Crippen molar-refractivity contribution in [3.05, 3.63) is 12.2 Å². The number of aromatic nitrogens is 3. The largest absolute Gasteiger partial charge is 0.307 e. The van der Waals surface area contributed by atoms with Gasteiger partial charge in [-0.15, -0.1) is 0 Å². The Balaban J connectivity index is 1.99. The Morgan fingerprint density at radius 3 is 3.00 bits per heavy atom. The predicted octanol–water partition coefficient (Wildman–Crippen LogP) is 0.907. The van der Waals surface area contributed by atoms with Crippen molar-refractivity contribution in [2.45, 2.75) is 38.6 Å². The van der Waals surface area contributed by atoms with E-state index in [0.717, 1.165) is 38.1 Å². The number of H-pyrrole nitrogens is 1. The summed E-state index contributed by atoms with van der Waals surface area (Å²) in [7, 11) is -3.09. The van der Waals surface area contributed by atoms with Gasteiger partial charge in [0.25, 0.3) is 0 Å². The molecule has 2 atom stereocenters. The SMILES string of the molecule is CCCNC(CC1CCCN(S(C)(=O)=O)C1)c1ncn[nH]1. The highest BCUT2D eigenvalue weighted by Gasteiger charge is 2.28. The summed E-state index contributed by atoms with van der Waals surface area (Å²) in [4.78, 5) is 4.24. The third-order valence-electron chi connectivity index (χ3n) is 3.92. The minimum absolute atomic E-state index is 0.108. The smallest absolute Gasteiger partial charge is 0.211 e. The van der Waals surface area contributed by atoms with Crippen molar-refractivity contribution >= 4 is 10.0 Å². The molecular weight excluding hydrogens is 290 g/mol. The van der Waals surface area contributed by atoms with Gasteiger partial charge in [0.05, 0.1) is 12.3 Å². The maximum Gasteiger partial charge on any atom is 0.211 e. The molecule has 0 aromatic carbocycles. The second-order valence-electron chi connectivity index (χ2n) is 5.74. The van der Waals surface area contributed by atoms with Crippen LogP contribution in [0.2, 0.25) is 0 Å². The number of rotatable bonds is 7. The van der Waals surface area contributed by atoms with Gasteiger partial charge in [-0.25, -0.2) is 17.7 Å². The minimum atomic E-state index is -3.09. The van der Waals surface area contributed by atoms with Crippen molar-refractivity contribution in [2.75, 3.05) is 25.9 Å². The summed E-state index contributed by atoms with van der Waals surface area (Å²) >= 11 is 0. The van der Waals surface area contributed by atoms with Crippen molar-refractivity contribution in [2.24, 2.45) is 5.92 Å². The summed E-state index contributed by atoms with van der Waals surface area (Å²) in [5, 5.41) is 10.3. The summed E-state index contributed by atoms with van der Waals surface area (Å²) < 4.78 is 25.0. The summed E-state index contributed by atoms with van der Waals surface area (Å²) in [6.07, 6.45) is 6.71. The Labute approximate surface area is 126 Å². The third-order valence-corrected chi connectivity index (χ3v) is 5.19. The molecule has 0 spiro atoms. The van der Waals surface area contributed by atoms with Gasteiger partial charge in [-0.2, -0.15) is 5.10 Å². The van der Waals surface area contributed by atoms with Crippen LogP contribution in [0.25, 0.3) is 0 Å². The van der Waals surface area contributed by atoms with E-state index in [1.165, 1.54) is 12.6 Å². The first-order valence-electron chi connectivity index (χ1n) is 7.54. The van der Waals surface area contributed by atoms with Gasteiger partial charge in [-0.1, -0.05) is 6.92 Å². The van der Waals surface area contributed by atoms with Crippen LogP contribution in [0.15, 0.2) is 6.33 Å². The standard InChI is InChI=1S/C13H25N5O2S/c1-3-6-14-12(13-15-10-16-17-13)8-11-5-4-7-18(9-11)21(2,19)20/h10-12,14H,3-9H2,1-2H3,(H,15,16,17). The molecule has 2 heterocycles. The van der Waals surface area contributed by atoms with Crippen LogP contribution < -0.4 is 5.32 Å². The van der Waals surface area contributed by atoms with Crippen molar-refractivity contribution in [3.63, 3.8) is 0 Å². The van der Waals surface area contributed by atoms with Gasteiger partial charge in [0.15, 0.2) is 0 Å². The van der Waals surface area contributed by atoms with Crippen LogP contribution in [0.4, 0.5) is 0 Å². The molecule has 0 amide bonds. The van der Waals surface area contributed by atoms with Crippen LogP contribution in [-0.2, 0) is 10.0 Å². The number of nitrogens with zero attached hydrogens (tertiary/aromatic N) is 3. The number of nitrogens with one attached hydrogen (secondary N) is 2. The zero-order chi connectivity index (χ0) is 15.3. The zero-order valence-electron chi connectivity index (χ0n) is 12.7. The molecule has 0 radical (unpaired) electrons. The molecule has 21 heavy (non-hydrogen) atoms. The normalized spacial score (nSPS) is 22.3. The van der Waals surface area contributed by atoms with Crippen LogP contribution >= 0.6 is 0 Å². The zero-order valence-corrected chi connectivity index (χ0v) is 13.6. The molecule has 1 fully saturated rings. The van der Waals surface area contributed by atoms with E-state index in [2.05, 4.69) is 27.4 Å². The second kappa shape index (κ2) is 7.33. The highest BCUT2D eigenvalue weighted by molar-refractivity contribution is 7.88. The summed E-state index contributed by atoms with van der Waals surface area (Å²) in [6, 6.07) is 0.108. The lowest BCUT2D eigenvalue weighted by Crippen LogP contribution is -2.40. The summed E-state index contributed by atoms with van der Waals surface area (Å²) in [5.74, 6) is 1.19. The maximum absolute atomic E-state index is 11.7. The highest BCUT2D eigenvalue weighted by Crippen LogP contribution is 2.27. The molecule has 2 unspecified atom stereocenters. The molecule has 1 aromatic rings. The molecule has 2 rings (SSSR count). The molecule has 1 aliphatic rings. The van der Waals surface area contributed by atoms with Crippen molar-refractivity contribution in [1.82, 2.24) is 24.8 Å². The van der Waals surface area contributed by atoms with E-state index in [-0.39, 0.29) is 6.04 Å². The minimum Gasteiger partial charge on any atom is -0.307 e. The van der Waals surface area contributed by atoms with Gasteiger partial charge < -0.3 is 5.32 Å². The quantitative estimate of drug-likeness (QED) is 0.780. The van der Waals surface area contributed by atoms with Crippen LogP contribution in [0, 0.1) is 5.92 Å². The number of hydrogen-bond acceptors (Lipinski definition) is 5. The predicted molar refractivity (Wildman–Crippen MR) is 81.2 cm³/mol.